The van der Waals surface area contributed by atoms with E-state index in [4.69, 9.17) is 15.3 Å². The number of quaternary nitrogens is 1. The minimum atomic E-state index is -0.775. The van der Waals surface area contributed by atoms with E-state index >= 15 is 0 Å². The van der Waals surface area contributed by atoms with Crippen molar-refractivity contribution in [2.45, 2.75) is 116 Å². The molecule has 0 aliphatic heterocycles. The van der Waals surface area contributed by atoms with Gasteiger partial charge in [-0.2, -0.15) is 0 Å². The van der Waals surface area contributed by atoms with E-state index < -0.39 is 17.9 Å². The minimum Gasteiger partial charge on any atom is -0.481 e. The Balaban J connectivity index is 4.82. The predicted molar refractivity (Wildman–Crippen MR) is 136 cm³/mol. The average molecular weight is 485 g/mol. The van der Waals surface area contributed by atoms with Gasteiger partial charge < -0.3 is 19.8 Å². The van der Waals surface area contributed by atoms with Gasteiger partial charge in [0.1, 0.15) is 0 Å². The molecule has 7 nitrogen and oxygen atoms in total. The average Bonchev–Trinajstić information content (AvgIpc) is 2.78. The largest absolute Gasteiger partial charge is 0.481 e. The van der Waals surface area contributed by atoms with Crippen molar-refractivity contribution < 1.29 is 34.2 Å². The van der Waals surface area contributed by atoms with E-state index in [1.165, 1.54) is 25.7 Å². The predicted octanol–water partition coefficient (Wildman–Crippen LogP) is 6.26. The Morgan fingerprint density at radius 1 is 0.529 bits per heavy atom. The number of hydrogen-bond donors (Lipinski definition) is 3. The van der Waals surface area contributed by atoms with E-state index in [9.17, 15) is 14.4 Å². The van der Waals surface area contributed by atoms with Crippen LogP contribution >= 0.6 is 0 Å². The Morgan fingerprint density at radius 2 is 0.882 bits per heavy atom. The standard InChI is InChI=1S/C27H49NO6/c1-2-3-4-5-6-7-8-9-10-14-21-28(22-15-11-18-25(29)30,23-16-12-19-26(31)32)24-17-13-20-27(33)34/h7-8H,2-6,9-24H2,1H3,(H2-,29,30,31,32,33,34)/p+1/b8-7+. The van der Waals surface area contributed by atoms with Gasteiger partial charge in [0.05, 0.1) is 26.2 Å². The Morgan fingerprint density at radius 3 is 1.24 bits per heavy atom. The third kappa shape index (κ3) is 20.7. The summed E-state index contributed by atoms with van der Waals surface area (Å²) in [5, 5.41) is 26.9. The van der Waals surface area contributed by atoms with Crippen molar-refractivity contribution in [3.63, 3.8) is 0 Å². The molecule has 0 aliphatic rings. The first kappa shape index (κ1) is 32.1. The first-order chi connectivity index (χ1) is 16.3. The normalized spacial score (nSPS) is 11.8. The van der Waals surface area contributed by atoms with Gasteiger partial charge in [-0.25, -0.2) is 0 Å². The van der Waals surface area contributed by atoms with Crippen molar-refractivity contribution in [2.75, 3.05) is 26.2 Å². The maximum absolute atomic E-state index is 10.9. The summed E-state index contributed by atoms with van der Waals surface area (Å²) in [5.41, 5.74) is 0. The number of carboxylic acids is 3. The summed E-state index contributed by atoms with van der Waals surface area (Å²) >= 11 is 0. The molecule has 0 radical (unpaired) electrons. The molecule has 0 spiro atoms. The van der Waals surface area contributed by atoms with Crippen molar-refractivity contribution >= 4 is 17.9 Å². The number of unbranched alkanes of at least 4 members (excludes halogenated alkanes) is 9. The molecule has 198 valence electrons. The molecule has 34 heavy (non-hydrogen) atoms. The maximum Gasteiger partial charge on any atom is 0.303 e. The van der Waals surface area contributed by atoms with Gasteiger partial charge in [0.2, 0.25) is 0 Å². The molecule has 0 saturated carbocycles. The smallest absolute Gasteiger partial charge is 0.303 e. The van der Waals surface area contributed by atoms with Crippen LogP contribution in [0.1, 0.15) is 116 Å². The summed E-state index contributed by atoms with van der Waals surface area (Å²) in [6.07, 6.45) is 19.0. The van der Waals surface area contributed by atoms with Crippen molar-refractivity contribution in [1.82, 2.24) is 0 Å². The monoisotopic (exact) mass is 484 g/mol. The van der Waals surface area contributed by atoms with E-state index in [0.717, 1.165) is 75.6 Å². The van der Waals surface area contributed by atoms with Gasteiger partial charge in [-0.3, -0.25) is 14.4 Å². The molecule has 0 bridgehead atoms. The van der Waals surface area contributed by atoms with Gasteiger partial charge in [-0.1, -0.05) is 38.3 Å². The third-order valence-corrected chi connectivity index (χ3v) is 6.46. The molecule has 7 heteroatoms. The van der Waals surface area contributed by atoms with E-state index in [0.29, 0.717) is 19.3 Å². The second-order valence-electron chi connectivity index (χ2n) is 9.61. The zero-order valence-electron chi connectivity index (χ0n) is 21.5. The van der Waals surface area contributed by atoms with Gasteiger partial charge >= 0.3 is 17.9 Å². The topological polar surface area (TPSA) is 112 Å². The van der Waals surface area contributed by atoms with E-state index in [1.54, 1.807) is 0 Å². The highest BCUT2D eigenvalue weighted by molar-refractivity contribution is 5.67. The molecule has 0 amide bonds. The number of rotatable bonds is 25. The van der Waals surface area contributed by atoms with E-state index in [1.807, 2.05) is 0 Å². The molecule has 0 aliphatic carbocycles. The minimum absolute atomic E-state index is 0.168. The summed E-state index contributed by atoms with van der Waals surface area (Å²) in [7, 11) is 0. The Kier molecular flexibility index (Phi) is 20.4. The SMILES string of the molecule is CCCCCC/C=C/CCCC[N+](CCCCC(=O)O)(CCCCC(=O)O)CCCCC(=O)O. The van der Waals surface area contributed by atoms with Crippen LogP contribution in [0.25, 0.3) is 0 Å². The Hall–Kier alpha value is -1.89. The van der Waals surface area contributed by atoms with Crippen LogP contribution in [0.2, 0.25) is 0 Å². The first-order valence-electron chi connectivity index (χ1n) is 13.5. The van der Waals surface area contributed by atoms with Crippen LogP contribution in [-0.4, -0.2) is 63.9 Å². The van der Waals surface area contributed by atoms with Gasteiger partial charge in [0, 0.05) is 19.3 Å². The lowest BCUT2D eigenvalue weighted by molar-refractivity contribution is -0.929. The molecule has 3 N–H and O–H groups in total. The first-order valence-corrected chi connectivity index (χ1v) is 13.5. The number of aliphatic carboxylic acids is 3. The fraction of sp³-hybridized carbons (Fsp3) is 0.815. The molecule has 0 atom stereocenters. The quantitative estimate of drug-likeness (QED) is 0.0800. The Labute approximate surface area is 206 Å². The van der Waals surface area contributed by atoms with Crippen molar-refractivity contribution in [3.05, 3.63) is 12.2 Å². The van der Waals surface area contributed by atoms with Gasteiger partial charge in [-0.05, 0) is 70.6 Å². The van der Waals surface area contributed by atoms with Gasteiger partial charge in [0.25, 0.3) is 0 Å². The lowest BCUT2D eigenvalue weighted by Gasteiger charge is -2.39. The molecule has 0 aromatic heterocycles. The molecule has 0 heterocycles. The van der Waals surface area contributed by atoms with E-state index in [-0.39, 0.29) is 19.3 Å². The number of carboxylic acid groups (broad SMARTS) is 3. The van der Waals surface area contributed by atoms with Crippen LogP contribution in [0.3, 0.4) is 0 Å². The molecule has 0 saturated heterocycles. The van der Waals surface area contributed by atoms with Crippen LogP contribution in [0.15, 0.2) is 12.2 Å². The highest BCUT2D eigenvalue weighted by Gasteiger charge is 2.26. The molecule has 0 aromatic carbocycles. The molecule has 0 unspecified atom stereocenters. The van der Waals surface area contributed by atoms with Crippen molar-refractivity contribution in [2.24, 2.45) is 0 Å². The molecule has 0 fully saturated rings. The lowest BCUT2D eigenvalue weighted by atomic mass is 10.1. The van der Waals surface area contributed by atoms with Crippen molar-refractivity contribution in [3.8, 4) is 0 Å². The number of nitrogens with zero attached hydrogens (tertiary/aromatic N) is 1. The molecular formula is C27H50NO6+. The fourth-order valence-electron chi connectivity index (χ4n) is 4.48. The van der Waals surface area contributed by atoms with Crippen molar-refractivity contribution in [1.29, 1.82) is 0 Å². The van der Waals surface area contributed by atoms with Gasteiger partial charge in [-0.15, -0.1) is 0 Å². The number of allylic oxidation sites excluding steroid dienone is 2. The number of carbonyl (C=O) groups is 3. The van der Waals surface area contributed by atoms with E-state index in [2.05, 4.69) is 19.1 Å². The van der Waals surface area contributed by atoms with Crippen LogP contribution in [0.5, 0.6) is 0 Å². The lowest BCUT2D eigenvalue weighted by Crippen LogP contribution is -2.51. The maximum atomic E-state index is 10.9. The second kappa shape index (κ2) is 21.6. The highest BCUT2D eigenvalue weighted by Crippen LogP contribution is 2.19. The van der Waals surface area contributed by atoms with Crippen LogP contribution < -0.4 is 0 Å². The molecular weight excluding hydrogens is 434 g/mol. The molecule has 0 rings (SSSR count). The fourth-order valence-corrected chi connectivity index (χ4v) is 4.48. The third-order valence-electron chi connectivity index (χ3n) is 6.46. The summed E-state index contributed by atoms with van der Waals surface area (Å²) in [6.45, 7) is 5.83. The van der Waals surface area contributed by atoms with Crippen LogP contribution in [0.4, 0.5) is 0 Å². The number of hydrogen-bond acceptors (Lipinski definition) is 3. The summed E-state index contributed by atoms with van der Waals surface area (Å²) in [6, 6.07) is 0. The van der Waals surface area contributed by atoms with Gasteiger partial charge in [0.15, 0.2) is 0 Å². The summed E-state index contributed by atoms with van der Waals surface area (Å²) in [5.74, 6) is -2.33. The highest BCUT2D eigenvalue weighted by atomic mass is 16.4. The zero-order chi connectivity index (χ0) is 25.5. The molecule has 0 aromatic rings. The zero-order valence-corrected chi connectivity index (χ0v) is 21.5. The summed E-state index contributed by atoms with van der Waals surface area (Å²) in [4.78, 5) is 32.8. The summed E-state index contributed by atoms with van der Waals surface area (Å²) < 4.78 is 0.847. The van der Waals surface area contributed by atoms with Crippen LogP contribution in [-0.2, 0) is 14.4 Å². The van der Waals surface area contributed by atoms with Crippen LogP contribution in [0, 0.1) is 0 Å². The Bertz CT molecular complexity index is 520. The second-order valence-corrected chi connectivity index (χ2v) is 9.61.